The lowest BCUT2D eigenvalue weighted by Gasteiger charge is -2.53. The number of benzene rings is 2. The first-order valence-corrected chi connectivity index (χ1v) is 14.9. The zero-order valence-corrected chi connectivity index (χ0v) is 24.4. The Hall–Kier alpha value is -1.62. The lowest BCUT2D eigenvalue weighted by Crippen LogP contribution is -2.57. The van der Waals surface area contributed by atoms with Gasteiger partial charge in [0.25, 0.3) is 0 Å². The van der Waals surface area contributed by atoms with Crippen molar-refractivity contribution in [1.29, 1.82) is 0 Å². The van der Waals surface area contributed by atoms with Gasteiger partial charge in [-0.05, 0) is 80.9 Å². The number of hydrogen-bond acceptors (Lipinski definition) is 3. The largest absolute Gasteiger partial charge is 0.497 e. The SMILES string of the molecule is COc1ccc(C2(CN3CCC(c4ccccc4)(C(C)(C)O[SiH2]C(C)(C)C)CC3)CCCC2)cc1. The zero-order chi connectivity index (χ0) is 25.2. The number of piperidine rings is 1. The summed E-state index contributed by atoms with van der Waals surface area (Å²) in [6.07, 6.45) is 7.58. The summed E-state index contributed by atoms with van der Waals surface area (Å²) < 4.78 is 12.3. The van der Waals surface area contributed by atoms with Gasteiger partial charge in [0.2, 0.25) is 0 Å². The number of methoxy groups -OCH3 is 1. The average Bonchev–Trinajstić information content (AvgIpc) is 3.33. The first kappa shape index (κ1) is 26.4. The van der Waals surface area contributed by atoms with Crippen LogP contribution in [-0.2, 0) is 15.3 Å². The van der Waals surface area contributed by atoms with Gasteiger partial charge < -0.3 is 14.1 Å². The Morgan fingerprint density at radius 3 is 1.94 bits per heavy atom. The molecule has 1 saturated carbocycles. The highest BCUT2D eigenvalue weighted by molar-refractivity contribution is 6.31. The zero-order valence-electron chi connectivity index (χ0n) is 23.0. The van der Waals surface area contributed by atoms with E-state index in [4.69, 9.17) is 9.16 Å². The monoisotopic (exact) mass is 493 g/mol. The fourth-order valence-corrected chi connectivity index (χ4v) is 7.66. The first-order valence-electron chi connectivity index (χ1n) is 13.7. The highest BCUT2D eigenvalue weighted by Gasteiger charge is 2.50. The summed E-state index contributed by atoms with van der Waals surface area (Å²) in [6.45, 7) is 15.2. The van der Waals surface area contributed by atoms with Crippen molar-refractivity contribution in [2.75, 3.05) is 26.7 Å². The molecule has 2 aromatic rings. The first-order chi connectivity index (χ1) is 16.6. The molecule has 4 rings (SSSR count). The summed E-state index contributed by atoms with van der Waals surface area (Å²) in [5, 5.41) is 0.295. The van der Waals surface area contributed by atoms with Crippen LogP contribution in [-0.4, -0.2) is 47.0 Å². The van der Waals surface area contributed by atoms with Gasteiger partial charge in [0.1, 0.15) is 5.75 Å². The second-order valence-electron chi connectivity index (χ2n) is 12.8. The van der Waals surface area contributed by atoms with Crippen molar-refractivity contribution in [3.05, 3.63) is 65.7 Å². The lowest BCUT2D eigenvalue weighted by molar-refractivity contribution is -0.0227. The molecule has 2 fully saturated rings. The van der Waals surface area contributed by atoms with E-state index < -0.39 is 9.76 Å². The molecule has 1 aliphatic carbocycles. The van der Waals surface area contributed by atoms with Crippen molar-refractivity contribution in [3.8, 4) is 5.75 Å². The van der Waals surface area contributed by atoms with Crippen molar-refractivity contribution in [2.45, 2.75) is 94.6 Å². The third-order valence-corrected chi connectivity index (χ3v) is 10.6. The van der Waals surface area contributed by atoms with Gasteiger partial charge in [-0.2, -0.15) is 0 Å². The summed E-state index contributed by atoms with van der Waals surface area (Å²) >= 11 is 0. The van der Waals surface area contributed by atoms with Crippen molar-refractivity contribution in [2.24, 2.45) is 0 Å². The maximum Gasteiger partial charge on any atom is 0.167 e. The quantitative estimate of drug-likeness (QED) is 0.385. The molecule has 0 radical (unpaired) electrons. The fraction of sp³-hybridized carbons (Fsp3) is 0.613. The van der Waals surface area contributed by atoms with E-state index in [1.807, 2.05) is 0 Å². The molecule has 0 unspecified atom stereocenters. The Morgan fingerprint density at radius 1 is 0.800 bits per heavy atom. The maximum atomic E-state index is 6.88. The molecule has 4 heteroatoms. The van der Waals surface area contributed by atoms with Crippen LogP contribution in [0.4, 0.5) is 0 Å². The topological polar surface area (TPSA) is 21.7 Å². The van der Waals surface area contributed by atoms with Crippen LogP contribution >= 0.6 is 0 Å². The number of likely N-dealkylation sites (tertiary alicyclic amines) is 1. The van der Waals surface area contributed by atoms with Crippen molar-refractivity contribution < 1.29 is 9.16 Å². The maximum absolute atomic E-state index is 6.88. The molecule has 0 atom stereocenters. The van der Waals surface area contributed by atoms with Crippen LogP contribution in [0, 0.1) is 0 Å². The molecule has 35 heavy (non-hydrogen) atoms. The Bertz CT molecular complexity index is 934. The molecule has 3 nitrogen and oxygen atoms in total. The normalized spacial score (nSPS) is 21.0. The molecule has 0 spiro atoms. The van der Waals surface area contributed by atoms with Crippen LogP contribution in [0.15, 0.2) is 54.6 Å². The smallest absolute Gasteiger partial charge is 0.167 e. The molecular weight excluding hydrogens is 446 g/mol. The predicted molar refractivity (Wildman–Crippen MR) is 150 cm³/mol. The van der Waals surface area contributed by atoms with E-state index in [0.29, 0.717) is 5.04 Å². The number of ether oxygens (including phenoxy) is 1. The minimum Gasteiger partial charge on any atom is -0.497 e. The Balaban J connectivity index is 1.54. The summed E-state index contributed by atoms with van der Waals surface area (Å²) in [7, 11) is 1.11. The lowest BCUT2D eigenvalue weighted by atomic mass is 9.63. The van der Waals surface area contributed by atoms with E-state index in [1.165, 1.54) is 43.4 Å². The summed E-state index contributed by atoms with van der Waals surface area (Å²) in [5.41, 5.74) is 3.13. The van der Waals surface area contributed by atoms with Gasteiger partial charge in [0.05, 0.1) is 12.7 Å². The molecule has 1 aliphatic heterocycles. The second-order valence-corrected chi connectivity index (χ2v) is 15.5. The van der Waals surface area contributed by atoms with Crippen LogP contribution in [0.1, 0.15) is 84.3 Å². The van der Waals surface area contributed by atoms with Crippen molar-refractivity contribution >= 4 is 9.76 Å². The minimum absolute atomic E-state index is 0.0615. The van der Waals surface area contributed by atoms with Crippen LogP contribution < -0.4 is 4.74 Å². The Morgan fingerprint density at radius 2 is 1.40 bits per heavy atom. The molecule has 2 aromatic carbocycles. The Kier molecular flexibility index (Phi) is 7.85. The molecule has 2 aliphatic rings. The number of rotatable bonds is 8. The molecular formula is C31H47NO2Si. The van der Waals surface area contributed by atoms with Gasteiger partial charge >= 0.3 is 0 Å². The molecule has 0 bridgehead atoms. The highest BCUT2D eigenvalue weighted by atomic mass is 28.2. The van der Waals surface area contributed by atoms with Gasteiger partial charge in [-0.1, -0.05) is 76.1 Å². The van der Waals surface area contributed by atoms with Crippen LogP contribution in [0.5, 0.6) is 5.75 Å². The van der Waals surface area contributed by atoms with Crippen molar-refractivity contribution in [3.63, 3.8) is 0 Å². The van der Waals surface area contributed by atoms with E-state index in [-0.39, 0.29) is 16.4 Å². The van der Waals surface area contributed by atoms with Gasteiger partial charge in [-0.25, -0.2) is 0 Å². The summed E-state index contributed by atoms with van der Waals surface area (Å²) in [4.78, 5) is 2.76. The standard InChI is InChI=1S/C31H47NO2Si/c1-28(2,3)35-34-29(4,5)31(26-12-8-7-9-13-26)20-22-32(23-21-31)24-30(18-10-11-19-30)25-14-16-27(33-6)17-15-25/h7-9,12-17H,10-11,18-24,35H2,1-6H3. The molecule has 192 valence electrons. The Labute approximate surface area is 216 Å². The highest BCUT2D eigenvalue weighted by Crippen LogP contribution is 2.48. The van der Waals surface area contributed by atoms with Crippen LogP contribution in [0.3, 0.4) is 0 Å². The van der Waals surface area contributed by atoms with Gasteiger partial charge in [0, 0.05) is 17.4 Å². The number of nitrogens with zero attached hydrogens (tertiary/aromatic N) is 1. The van der Waals surface area contributed by atoms with Crippen LogP contribution in [0.25, 0.3) is 0 Å². The van der Waals surface area contributed by atoms with E-state index in [2.05, 4.69) is 94.1 Å². The van der Waals surface area contributed by atoms with Gasteiger partial charge in [0.15, 0.2) is 9.76 Å². The van der Waals surface area contributed by atoms with E-state index in [1.54, 1.807) is 7.11 Å². The van der Waals surface area contributed by atoms with Crippen molar-refractivity contribution in [1.82, 2.24) is 4.90 Å². The third kappa shape index (κ3) is 5.70. The van der Waals surface area contributed by atoms with Gasteiger partial charge in [-0.15, -0.1) is 0 Å². The predicted octanol–water partition coefficient (Wildman–Crippen LogP) is 6.64. The number of hydrogen-bond donors (Lipinski definition) is 0. The average molecular weight is 494 g/mol. The summed E-state index contributed by atoms with van der Waals surface area (Å²) in [6, 6.07) is 20.2. The van der Waals surface area contributed by atoms with E-state index >= 15 is 0 Å². The fourth-order valence-electron chi connectivity index (χ4n) is 6.59. The molecule has 1 heterocycles. The minimum atomic E-state index is -0.646. The molecule has 0 aromatic heterocycles. The van der Waals surface area contributed by atoms with Gasteiger partial charge in [-0.3, -0.25) is 0 Å². The third-order valence-electron chi connectivity index (χ3n) is 8.84. The van der Waals surface area contributed by atoms with E-state index in [0.717, 1.165) is 31.7 Å². The molecule has 1 saturated heterocycles. The summed E-state index contributed by atoms with van der Waals surface area (Å²) in [5.74, 6) is 0.952. The van der Waals surface area contributed by atoms with E-state index in [9.17, 15) is 0 Å². The van der Waals surface area contributed by atoms with Crippen LogP contribution in [0.2, 0.25) is 5.04 Å². The molecule has 0 N–H and O–H groups in total. The molecule has 0 amide bonds. The second kappa shape index (κ2) is 10.4.